The van der Waals surface area contributed by atoms with Gasteiger partial charge in [0, 0.05) is 11.8 Å². The van der Waals surface area contributed by atoms with Crippen LogP contribution in [0.25, 0.3) is 0 Å². The summed E-state index contributed by atoms with van der Waals surface area (Å²) in [4.78, 5) is 16.1. The molecular weight excluding hydrogens is 290 g/mol. The summed E-state index contributed by atoms with van der Waals surface area (Å²) >= 11 is 4.96. The van der Waals surface area contributed by atoms with Crippen LogP contribution < -0.4 is 15.8 Å². The van der Waals surface area contributed by atoms with Crippen molar-refractivity contribution in [2.75, 3.05) is 12.4 Å². The Labute approximate surface area is 126 Å². The zero-order valence-corrected chi connectivity index (χ0v) is 12.0. The largest absolute Gasteiger partial charge is 0.505 e. The number of ether oxygens (including phenoxy) is 1. The zero-order valence-electron chi connectivity index (χ0n) is 11.2. The minimum absolute atomic E-state index is 0.0878. The van der Waals surface area contributed by atoms with Crippen molar-refractivity contribution < 1.29 is 14.6 Å². The first kappa shape index (κ1) is 14.7. The zero-order chi connectivity index (χ0) is 15.4. The van der Waals surface area contributed by atoms with Crippen LogP contribution in [0.5, 0.6) is 11.5 Å². The van der Waals surface area contributed by atoms with Crippen molar-refractivity contribution in [3.05, 3.63) is 47.8 Å². The molecule has 0 aliphatic rings. The number of aromatic hydroxyl groups is 1. The molecule has 1 amide bonds. The molecule has 0 saturated carbocycles. The van der Waals surface area contributed by atoms with Crippen LogP contribution in [0.2, 0.25) is 0 Å². The van der Waals surface area contributed by atoms with E-state index in [9.17, 15) is 9.90 Å². The number of rotatable bonds is 4. The third-order valence-electron chi connectivity index (χ3n) is 2.79. The molecule has 108 valence electrons. The molecule has 2 aromatic rings. The van der Waals surface area contributed by atoms with Crippen molar-refractivity contribution in [3.63, 3.8) is 0 Å². The minimum Gasteiger partial charge on any atom is -0.505 e. The summed E-state index contributed by atoms with van der Waals surface area (Å²) in [6.07, 6.45) is 2.59. The Bertz CT molecular complexity index is 704. The number of nitrogens with zero attached hydrogens (tertiary/aromatic N) is 1. The highest BCUT2D eigenvalue weighted by atomic mass is 32.1. The number of methoxy groups -OCH3 is 1. The highest BCUT2D eigenvalue weighted by molar-refractivity contribution is 7.80. The lowest BCUT2D eigenvalue weighted by atomic mass is 10.1. The number of carbonyl (C=O) groups excluding carboxylic acids is 1. The van der Waals surface area contributed by atoms with Crippen molar-refractivity contribution in [3.8, 4) is 11.5 Å². The minimum atomic E-state index is -0.517. The molecule has 0 bridgehead atoms. The highest BCUT2D eigenvalue weighted by Gasteiger charge is 2.17. The number of hydrogen-bond acceptors (Lipinski definition) is 5. The summed E-state index contributed by atoms with van der Waals surface area (Å²) < 4.78 is 5.20. The maximum Gasteiger partial charge on any atom is 0.259 e. The molecule has 2 rings (SSSR count). The molecule has 0 fully saturated rings. The predicted molar refractivity (Wildman–Crippen MR) is 82.7 cm³/mol. The summed E-state index contributed by atoms with van der Waals surface area (Å²) in [6.45, 7) is 0. The Morgan fingerprint density at radius 1 is 1.38 bits per heavy atom. The van der Waals surface area contributed by atoms with E-state index in [4.69, 9.17) is 22.7 Å². The predicted octanol–water partition coefficient (Wildman–Crippen LogP) is 1.68. The monoisotopic (exact) mass is 303 g/mol. The lowest BCUT2D eigenvalue weighted by Crippen LogP contribution is -2.18. The van der Waals surface area contributed by atoms with E-state index < -0.39 is 5.91 Å². The van der Waals surface area contributed by atoms with Gasteiger partial charge in [-0.2, -0.15) is 0 Å². The number of thiocarbonyl (C=S) groups is 1. The molecule has 0 aliphatic carbocycles. The van der Waals surface area contributed by atoms with E-state index in [1.165, 1.54) is 25.6 Å². The van der Waals surface area contributed by atoms with Gasteiger partial charge in [0.05, 0.1) is 24.6 Å². The van der Waals surface area contributed by atoms with Crippen molar-refractivity contribution in [2.45, 2.75) is 0 Å². The number of amides is 1. The number of pyridine rings is 1. The first-order valence-electron chi connectivity index (χ1n) is 5.95. The molecule has 1 aromatic carbocycles. The van der Waals surface area contributed by atoms with Gasteiger partial charge in [-0.15, -0.1) is 0 Å². The van der Waals surface area contributed by atoms with Gasteiger partial charge in [-0.3, -0.25) is 9.78 Å². The molecule has 0 unspecified atom stereocenters. The van der Waals surface area contributed by atoms with Crippen LogP contribution in [-0.4, -0.2) is 28.1 Å². The first-order chi connectivity index (χ1) is 10.0. The second-order valence-electron chi connectivity index (χ2n) is 4.09. The molecule has 4 N–H and O–H groups in total. The Hall–Kier alpha value is -2.67. The number of nitrogens with two attached hydrogens (primary N) is 1. The van der Waals surface area contributed by atoms with Crippen molar-refractivity contribution in [1.82, 2.24) is 4.98 Å². The summed E-state index contributed by atoms with van der Waals surface area (Å²) in [5.41, 5.74) is 6.57. The standard InChI is InChI=1S/C14H13N3O3S/c1-20-11-4-2-3-9(13(15)21)12(11)17-14(19)8-5-6-16-7-10(8)18/h2-7,18H,1H3,(H2,15,21)(H,17,19). The van der Waals surface area contributed by atoms with Gasteiger partial charge in [0.1, 0.15) is 16.5 Å². The molecular formula is C14H13N3O3S. The highest BCUT2D eigenvalue weighted by Crippen LogP contribution is 2.29. The van der Waals surface area contributed by atoms with Crippen LogP contribution in [0, 0.1) is 0 Å². The number of benzene rings is 1. The van der Waals surface area contributed by atoms with Crippen molar-refractivity contribution in [1.29, 1.82) is 0 Å². The molecule has 0 atom stereocenters. The van der Waals surface area contributed by atoms with E-state index in [1.54, 1.807) is 18.2 Å². The first-order valence-corrected chi connectivity index (χ1v) is 6.36. The molecule has 0 aliphatic heterocycles. The van der Waals surface area contributed by atoms with Gasteiger partial charge >= 0.3 is 0 Å². The average molecular weight is 303 g/mol. The number of nitrogens with one attached hydrogen (secondary N) is 1. The maximum absolute atomic E-state index is 12.2. The van der Waals surface area contributed by atoms with Crippen LogP contribution in [0.3, 0.4) is 0 Å². The fourth-order valence-corrected chi connectivity index (χ4v) is 1.96. The number of anilines is 1. The fraction of sp³-hybridized carbons (Fsp3) is 0.0714. The van der Waals surface area contributed by atoms with E-state index >= 15 is 0 Å². The van der Waals surface area contributed by atoms with Crippen LogP contribution in [0.4, 0.5) is 5.69 Å². The van der Waals surface area contributed by atoms with Crippen molar-refractivity contribution in [2.24, 2.45) is 5.73 Å². The van der Waals surface area contributed by atoms with Crippen molar-refractivity contribution >= 4 is 28.8 Å². The number of carbonyl (C=O) groups is 1. The third-order valence-corrected chi connectivity index (χ3v) is 3.01. The molecule has 0 radical (unpaired) electrons. The van der Waals surface area contributed by atoms with E-state index in [0.717, 1.165) is 0 Å². The Morgan fingerprint density at radius 3 is 2.76 bits per heavy atom. The molecule has 0 spiro atoms. The molecule has 6 nitrogen and oxygen atoms in total. The number of hydrogen-bond donors (Lipinski definition) is 3. The summed E-state index contributed by atoms with van der Waals surface area (Å²) in [5.74, 6) is -0.319. The Morgan fingerprint density at radius 2 is 2.14 bits per heavy atom. The van der Waals surface area contributed by atoms with Gasteiger partial charge in [-0.05, 0) is 18.2 Å². The molecule has 1 heterocycles. The van der Waals surface area contributed by atoms with Crippen LogP contribution >= 0.6 is 12.2 Å². The van der Waals surface area contributed by atoms with E-state index in [2.05, 4.69) is 10.3 Å². The molecule has 7 heteroatoms. The number of aromatic nitrogens is 1. The maximum atomic E-state index is 12.2. The fourth-order valence-electron chi connectivity index (χ4n) is 1.79. The Kier molecular flexibility index (Phi) is 4.34. The van der Waals surface area contributed by atoms with Gasteiger partial charge in [-0.1, -0.05) is 18.3 Å². The lowest BCUT2D eigenvalue weighted by molar-refractivity contribution is 0.102. The van der Waals surface area contributed by atoms with Crippen LogP contribution in [0.15, 0.2) is 36.7 Å². The Balaban J connectivity index is 2.41. The van der Waals surface area contributed by atoms with Gasteiger partial charge in [0.15, 0.2) is 0 Å². The summed E-state index contributed by atoms with van der Waals surface area (Å²) in [5, 5.41) is 12.3. The molecule has 0 saturated heterocycles. The van der Waals surface area contributed by atoms with Gasteiger partial charge in [0.25, 0.3) is 5.91 Å². The van der Waals surface area contributed by atoms with Gasteiger partial charge in [0.2, 0.25) is 0 Å². The second kappa shape index (κ2) is 6.19. The third kappa shape index (κ3) is 3.09. The summed E-state index contributed by atoms with van der Waals surface area (Å²) in [6, 6.07) is 6.46. The smallest absolute Gasteiger partial charge is 0.259 e. The quantitative estimate of drug-likeness (QED) is 0.744. The second-order valence-corrected chi connectivity index (χ2v) is 4.53. The van der Waals surface area contributed by atoms with E-state index in [1.807, 2.05) is 0 Å². The average Bonchev–Trinajstić information content (AvgIpc) is 2.47. The molecule has 21 heavy (non-hydrogen) atoms. The van der Waals surface area contributed by atoms with E-state index in [0.29, 0.717) is 17.0 Å². The van der Waals surface area contributed by atoms with E-state index in [-0.39, 0.29) is 16.3 Å². The van der Waals surface area contributed by atoms with Crippen LogP contribution in [-0.2, 0) is 0 Å². The SMILES string of the molecule is COc1cccc(C(N)=S)c1NC(=O)c1ccncc1O. The molecule has 1 aromatic heterocycles. The summed E-state index contributed by atoms with van der Waals surface area (Å²) in [7, 11) is 1.47. The lowest BCUT2D eigenvalue weighted by Gasteiger charge is -2.14. The topological polar surface area (TPSA) is 97.5 Å². The van der Waals surface area contributed by atoms with Gasteiger partial charge in [-0.25, -0.2) is 0 Å². The van der Waals surface area contributed by atoms with Gasteiger partial charge < -0.3 is 20.9 Å². The normalized spacial score (nSPS) is 9.95. The van der Waals surface area contributed by atoms with Crippen LogP contribution in [0.1, 0.15) is 15.9 Å². The number of para-hydroxylation sites is 1.